The van der Waals surface area contributed by atoms with Crippen LogP contribution in [-0.4, -0.2) is 21.0 Å². The van der Waals surface area contributed by atoms with Crippen molar-refractivity contribution in [1.29, 1.82) is 0 Å². The fourth-order valence-corrected chi connectivity index (χ4v) is 1.39. The molecule has 0 saturated heterocycles. The number of nitrogens with one attached hydrogen (secondary N) is 1. The summed E-state index contributed by atoms with van der Waals surface area (Å²) in [4.78, 5) is 18.2. The van der Waals surface area contributed by atoms with Gasteiger partial charge in [-0.2, -0.15) is 0 Å². The molecule has 0 radical (unpaired) electrons. The third-order valence-electron chi connectivity index (χ3n) is 2.01. The standard InChI is InChI=1S/C11H8ClN3O2/c12-7-3-1-2-4-8(7)15-10-6-13-9(5-14-10)11(16)17/h1-6H,(H,14,15)(H,16,17). The van der Waals surface area contributed by atoms with Crippen LogP contribution in [0.3, 0.4) is 0 Å². The van der Waals surface area contributed by atoms with Crippen LogP contribution in [0, 0.1) is 0 Å². The maximum Gasteiger partial charge on any atom is 0.356 e. The summed E-state index contributed by atoms with van der Waals surface area (Å²) in [7, 11) is 0. The first kappa shape index (κ1) is 11.3. The maximum atomic E-state index is 10.6. The highest BCUT2D eigenvalue weighted by atomic mass is 35.5. The van der Waals surface area contributed by atoms with Crippen LogP contribution in [0.4, 0.5) is 11.5 Å². The lowest BCUT2D eigenvalue weighted by Crippen LogP contribution is -2.02. The van der Waals surface area contributed by atoms with Crippen LogP contribution in [0.25, 0.3) is 0 Å². The zero-order valence-corrected chi connectivity index (χ0v) is 9.35. The number of anilines is 2. The minimum absolute atomic E-state index is 0.102. The third-order valence-corrected chi connectivity index (χ3v) is 2.34. The molecule has 2 N–H and O–H groups in total. The molecule has 1 aromatic carbocycles. The van der Waals surface area contributed by atoms with Crippen LogP contribution in [0.15, 0.2) is 36.7 Å². The zero-order valence-electron chi connectivity index (χ0n) is 8.59. The first-order valence-electron chi connectivity index (χ1n) is 4.74. The molecule has 0 fully saturated rings. The number of hydrogen-bond acceptors (Lipinski definition) is 4. The number of hydrogen-bond donors (Lipinski definition) is 2. The van der Waals surface area contributed by atoms with E-state index in [0.29, 0.717) is 16.5 Å². The van der Waals surface area contributed by atoms with E-state index in [4.69, 9.17) is 16.7 Å². The fraction of sp³-hybridized carbons (Fsp3) is 0. The van der Waals surface area contributed by atoms with E-state index in [-0.39, 0.29) is 5.69 Å². The van der Waals surface area contributed by atoms with E-state index in [1.165, 1.54) is 12.4 Å². The smallest absolute Gasteiger partial charge is 0.356 e. The molecular formula is C11H8ClN3O2. The summed E-state index contributed by atoms with van der Waals surface area (Å²) in [6.45, 7) is 0. The molecule has 0 aliphatic rings. The van der Waals surface area contributed by atoms with Crippen LogP contribution in [0.2, 0.25) is 5.02 Å². The minimum Gasteiger partial charge on any atom is -0.476 e. The number of carboxylic acid groups (broad SMARTS) is 1. The molecule has 0 aliphatic heterocycles. The van der Waals surface area contributed by atoms with E-state index in [2.05, 4.69) is 15.3 Å². The summed E-state index contributed by atoms with van der Waals surface area (Å²) < 4.78 is 0. The quantitative estimate of drug-likeness (QED) is 0.874. The Hall–Kier alpha value is -2.14. The van der Waals surface area contributed by atoms with Gasteiger partial charge in [-0.1, -0.05) is 23.7 Å². The topological polar surface area (TPSA) is 75.1 Å². The summed E-state index contributed by atoms with van der Waals surface area (Å²) in [5, 5.41) is 12.2. The Morgan fingerprint density at radius 2 is 2.00 bits per heavy atom. The summed E-state index contributed by atoms with van der Waals surface area (Å²) >= 11 is 5.95. The van der Waals surface area contributed by atoms with Gasteiger partial charge in [-0.05, 0) is 12.1 Å². The van der Waals surface area contributed by atoms with Gasteiger partial charge in [0, 0.05) is 0 Å². The van der Waals surface area contributed by atoms with Gasteiger partial charge in [0.15, 0.2) is 5.69 Å². The molecule has 2 rings (SSSR count). The lowest BCUT2D eigenvalue weighted by atomic mass is 10.3. The fourth-order valence-electron chi connectivity index (χ4n) is 1.20. The number of para-hydroxylation sites is 1. The first-order chi connectivity index (χ1) is 8.16. The van der Waals surface area contributed by atoms with Crippen molar-refractivity contribution in [2.75, 3.05) is 5.32 Å². The molecule has 0 bridgehead atoms. The number of benzene rings is 1. The van der Waals surface area contributed by atoms with E-state index in [1.54, 1.807) is 12.1 Å². The van der Waals surface area contributed by atoms with Crippen LogP contribution >= 0.6 is 11.6 Å². The Labute approximate surface area is 102 Å². The minimum atomic E-state index is -1.11. The predicted molar refractivity (Wildman–Crippen MR) is 63.7 cm³/mol. The number of aromatic carboxylic acids is 1. The number of halogens is 1. The van der Waals surface area contributed by atoms with E-state index < -0.39 is 5.97 Å². The number of carboxylic acids is 1. The monoisotopic (exact) mass is 249 g/mol. The molecule has 1 aromatic heterocycles. The van der Waals surface area contributed by atoms with Crippen LogP contribution < -0.4 is 5.32 Å². The molecule has 6 heteroatoms. The van der Waals surface area contributed by atoms with Gasteiger partial charge in [0.25, 0.3) is 0 Å². The number of aromatic nitrogens is 2. The lowest BCUT2D eigenvalue weighted by molar-refractivity contribution is 0.0690. The SMILES string of the molecule is O=C(O)c1cnc(Nc2ccccc2Cl)cn1. The van der Waals surface area contributed by atoms with Crippen molar-refractivity contribution in [3.63, 3.8) is 0 Å². The number of rotatable bonds is 3. The summed E-state index contributed by atoms with van der Waals surface area (Å²) in [6.07, 6.45) is 2.52. The van der Waals surface area contributed by atoms with E-state index in [1.807, 2.05) is 12.1 Å². The molecule has 1 heterocycles. The van der Waals surface area contributed by atoms with Crippen molar-refractivity contribution in [2.45, 2.75) is 0 Å². The average molecular weight is 250 g/mol. The number of carbonyl (C=O) groups is 1. The first-order valence-corrected chi connectivity index (χ1v) is 5.11. The van der Waals surface area contributed by atoms with Crippen molar-refractivity contribution in [3.05, 3.63) is 47.4 Å². The second-order valence-electron chi connectivity index (χ2n) is 3.20. The Balaban J connectivity index is 2.20. The maximum absolute atomic E-state index is 10.6. The molecular weight excluding hydrogens is 242 g/mol. The van der Waals surface area contributed by atoms with Gasteiger partial charge in [0.2, 0.25) is 0 Å². The van der Waals surface area contributed by atoms with Crippen molar-refractivity contribution >= 4 is 29.1 Å². The Kier molecular flexibility index (Phi) is 3.20. The molecule has 0 spiro atoms. The highest BCUT2D eigenvalue weighted by Crippen LogP contribution is 2.23. The average Bonchev–Trinajstić information content (AvgIpc) is 2.33. The molecule has 0 saturated carbocycles. The Bertz CT molecular complexity index is 543. The summed E-state index contributed by atoms with van der Waals surface area (Å²) in [5.41, 5.74) is 0.584. The van der Waals surface area contributed by atoms with Crippen molar-refractivity contribution in [3.8, 4) is 0 Å². The molecule has 0 atom stereocenters. The Morgan fingerprint density at radius 1 is 1.24 bits per heavy atom. The molecule has 2 aromatic rings. The van der Waals surface area contributed by atoms with Gasteiger partial charge in [0.1, 0.15) is 5.82 Å². The molecule has 0 amide bonds. The molecule has 5 nitrogen and oxygen atoms in total. The summed E-state index contributed by atoms with van der Waals surface area (Å²) in [5.74, 6) is -0.676. The molecule has 0 aliphatic carbocycles. The lowest BCUT2D eigenvalue weighted by Gasteiger charge is -2.06. The van der Waals surface area contributed by atoms with E-state index >= 15 is 0 Å². The Morgan fingerprint density at radius 3 is 2.59 bits per heavy atom. The second kappa shape index (κ2) is 4.80. The molecule has 17 heavy (non-hydrogen) atoms. The van der Waals surface area contributed by atoms with Gasteiger partial charge >= 0.3 is 5.97 Å². The second-order valence-corrected chi connectivity index (χ2v) is 3.60. The highest BCUT2D eigenvalue weighted by molar-refractivity contribution is 6.33. The van der Waals surface area contributed by atoms with Gasteiger partial charge in [-0.15, -0.1) is 0 Å². The van der Waals surface area contributed by atoms with Crippen LogP contribution in [0.1, 0.15) is 10.5 Å². The zero-order chi connectivity index (χ0) is 12.3. The summed E-state index contributed by atoms with van der Waals surface area (Å²) in [6, 6.07) is 7.16. The molecule has 0 unspecified atom stereocenters. The number of nitrogens with zero attached hydrogens (tertiary/aromatic N) is 2. The van der Waals surface area contributed by atoms with Crippen LogP contribution in [-0.2, 0) is 0 Å². The predicted octanol–water partition coefficient (Wildman–Crippen LogP) is 2.57. The van der Waals surface area contributed by atoms with E-state index in [0.717, 1.165) is 0 Å². The van der Waals surface area contributed by atoms with Gasteiger partial charge in [0.05, 0.1) is 23.1 Å². The normalized spacial score (nSPS) is 9.94. The van der Waals surface area contributed by atoms with E-state index in [9.17, 15) is 4.79 Å². The van der Waals surface area contributed by atoms with Crippen molar-refractivity contribution in [1.82, 2.24) is 9.97 Å². The largest absolute Gasteiger partial charge is 0.476 e. The van der Waals surface area contributed by atoms with Gasteiger partial charge in [-0.25, -0.2) is 14.8 Å². The van der Waals surface area contributed by atoms with Crippen LogP contribution in [0.5, 0.6) is 0 Å². The van der Waals surface area contributed by atoms with Gasteiger partial charge < -0.3 is 10.4 Å². The molecule has 86 valence electrons. The van der Waals surface area contributed by atoms with Gasteiger partial charge in [-0.3, -0.25) is 0 Å². The van der Waals surface area contributed by atoms with Crippen molar-refractivity contribution < 1.29 is 9.90 Å². The van der Waals surface area contributed by atoms with Crippen molar-refractivity contribution in [2.24, 2.45) is 0 Å². The highest BCUT2D eigenvalue weighted by Gasteiger charge is 2.05. The third kappa shape index (κ3) is 2.70.